The third kappa shape index (κ3) is 6.85. The van der Waals surface area contributed by atoms with Gasteiger partial charge in [-0.1, -0.05) is 43.2 Å². The van der Waals surface area contributed by atoms with Gasteiger partial charge in [0, 0.05) is 19.6 Å². The number of unbranched alkanes of at least 4 members (excludes halogenated alkanes) is 1. The SMILES string of the molecule is CCCCN=C(NCC)NCCc1cccc(C)c1. The number of hydrogen-bond donors (Lipinski definition) is 2. The van der Waals surface area contributed by atoms with Crippen LogP contribution in [0.3, 0.4) is 0 Å². The number of hydrogen-bond acceptors (Lipinski definition) is 1. The molecule has 0 radical (unpaired) electrons. The van der Waals surface area contributed by atoms with Crippen LogP contribution in [0.4, 0.5) is 0 Å². The van der Waals surface area contributed by atoms with Gasteiger partial charge in [-0.15, -0.1) is 0 Å². The van der Waals surface area contributed by atoms with Crippen molar-refractivity contribution in [3.8, 4) is 0 Å². The fraction of sp³-hybridized carbons (Fsp3) is 0.562. The van der Waals surface area contributed by atoms with Crippen LogP contribution in [0, 0.1) is 6.92 Å². The van der Waals surface area contributed by atoms with Crippen molar-refractivity contribution in [3.63, 3.8) is 0 Å². The fourth-order valence-corrected chi connectivity index (χ4v) is 1.88. The van der Waals surface area contributed by atoms with Crippen LogP contribution in [0.1, 0.15) is 37.8 Å². The first-order chi connectivity index (χ1) is 9.26. The summed E-state index contributed by atoms with van der Waals surface area (Å²) in [5.41, 5.74) is 2.69. The lowest BCUT2D eigenvalue weighted by atomic mass is 10.1. The highest BCUT2D eigenvalue weighted by Gasteiger charge is 1.97. The van der Waals surface area contributed by atoms with E-state index in [9.17, 15) is 0 Å². The van der Waals surface area contributed by atoms with E-state index in [4.69, 9.17) is 0 Å². The minimum atomic E-state index is 0.899. The molecule has 0 saturated carbocycles. The third-order valence-electron chi connectivity index (χ3n) is 2.91. The molecule has 0 heterocycles. The van der Waals surface area contributed by atoms with E-state index in [0.717, 1.165) is 38.4 Å². The molecule has 0 aliphatic carbocycles. The summed E-state index contributed by atoms with van der Waals surface area (Å²) in [6.07, 6.45) is 3.36. The van der Waals surface area contributed by atoms with Gasteiger partial charge in [0.05, 0.1) is 0 Å². The van der Waals surface area contributed by atoms with E-state index in [2.05, 4.69) is 60.7 Å². The topological polar surface area (TPSA) is 36.4 Å². The number of aryl methyl sites for hydroxylation is 1. The quantitative estimate of drug-likeness (QED) is 0.450. The van der Waals surface area contributed by atoms with Gasteiger partial charge in [0.25, 0.3) is 0 Å². The van der Waals surface area contributed by atoms with Gasteiger partial charge >= 0.3 is 0 Å². The molecule has 0 aliphatic rings. The monoisotopic (exact) mass is 261 g/mol. The summed E-state index contributed by atoms with van der Waals surface area (Å²) in [5, 5.41) is 6.66. The molecule has 0 aliphatic heterocycles. The van der Waals surface area contributed by atoms with Crippen molar-refractivity contribution in [2.45, 2.75) is 40.0 Å². The largest absolute Gasteiger partial charge is 0.357 e. The highest BCUT2D eigenvalue weighted by molar-refractivity contribution is 5.79. The van der Waals surface area contributed by atoms with Gasteiger partial charge in [-0.2, -0.15) is 0 Å². The Kier molecular flexibility index (Phi) is 7.71. The van der Waals surface area contributed by atoms with Crippen molar-refractivity contribution >= 4 is 5.96 Å². The molecule has 0 spiro atoms. The van der Waals surface area contributed by atoms with Gasteiger partial charge in [-0.05, 0) is 32.3 Å². The molecule has 0 saturated heterocycles. The summed E-state index contributed by atoms with van der Waals surface area (Å²) in [7, 11) is 0. The summed E-state index contributed by atoms with van der Waals surface area (Å²) in [5.74, 6) is 0.934. The molecule has 0 atom stereocenters. The average Bonchev–Trinajstić information content (AvgIpc) is 2.39. The van der Waals surface area contributed by atoms with Crippen molar-refractivity contribution in [1.29, 1.82) is 0 Å². The number of guanidine groups is 1. The highest BCUT2D eigenvalue weighted by atomic mass is 15.2. The second kappa shape index (κ2) is 9.42. The van der Waals surface area contributed by atoms with Crippen LogP contribution in [-0.4, -0.2) is 25.6 Å². The zero-order valence-corrected chi connectivity index (χ0v) is 12.5. The van der Waals surface area contributed by atoms with Crippen molar-refractivity contribution in [2.24, 2.45) is 4.99 Å². The first-order valence-corrected chi connectivity index (χ1v) is 7.34. The van der Waals surface area contributed by atoms with Gasteiger partial charge in [-0.3, -0.25) is 4.99 Å². The van der Waals surface area contributed by atoms with Gasteiger partial charge in [0.2, 0.25) is 0 Å². The van der Waals surface area contributed by atoms with E-state index in [0.29, 0.717) is 0 Å². The average molecular weight is 261 g/mol. The first kappa shape index (κ1) is 15.5. The Labute approximate surface area is 117 Å². The Balaban J connectivity index is 2.37. The molecule has 2 N–H and O–H groups in total. The van der Waals surface area contributed by atoms with Crippen molar-refractivity contribution in [2.75, 3.05) is 19.6 Å². The van der Waals surface area contributed by atoms with Crippen LogP contribution in [0.5, 0.6) is 0 Å². The lowest BCUT2D eigenvalue weighted by Gasteiger charge is -2.11. The van der Waals surface area contributed by atoms with Crippen LogP contribution in [0.15, 0.2) is 29.3 Å². The molecule has 0 unspecified atom stereocenters. The minimum Gasteiger partial charge on any atom is -0.357 e. The number of benzene rings is 1. The van der Waals surface area contributed by atoms with E-state index >= 15 is 0 Å². The van der Waals surface area contributed by atoms with Crippen LogP contribution in [0.25, 0.3) is 0 Å². The summed E-state index contributed by atoms with van der Waals surface area (Å²) in [4.78, 5) is 4.55. The van der Waals surface area contributed by atoms with E-state index in [1.165, 1.54) is 17.5 Å². The number of nitrogens with zero attached hydrogens (tertiary/aromatic N) is 1. The van der Waals surface area contributed by atoms with Crippen molar-refractivity contribution < 1.29 is 0 Å². The maximum atomic E-state index is 4.55. The molecule has 0 aromatic heterocycles. The van der Waals surface area contributed by atoms with E-state index in [1.807, 2.05) is 0 Å². The Hall–Kier alpha value is -1.51. The fourth-order valence-electron chi connectivity index (χ4n) is 1.88. The smallest absolute Gasteiger partial charge is 0.191 e. The number of rotatable bonds is 7. The maximum Gasteiger partial charge on any atom is 0.191 e. The summed E-state index contributed by atoms with van der Waals surface area (Å²) in [6, 6.07) is 8.66. The number of nitrogens with one attached hydrogen (secondary N) is 2. The summed E-state index contributed by atoms with van der Waals surface area (Å²) in [6.45, 7) is 9.14. The molecular weight excluding hydrogens is 234 g/mol. The first-order valence-electron chi connectivity index (χ1n) is 7.34. The van der Waals surface area contributed by atoms with Crippen molar-refractivity contribution in [3.05, 3.63) is 35.4 Å². The highest BCUT2D eigenvalue weighted by Crippen LogP contribution is 2.03. The molecule has 1 aromatic carbocycles. The molecule has 0 amide bonds. The number of aliphatic imine (C=N–C) groups is 1. The van der Waals surface area contributed by atoms with E-state index < -0.39 is 0 Å². The van der Waals surface area contributed by atoms with Gasteiger partial charge in [0.15, 0.2) is 5.96 Å². The van der Waals surface area contributed by atoms with E-state index in [1.54, 1.807) is 0 Å². The Morgan fingerprint density at radius 2 is 2.05 bits per heavy atom. The van der Waals surface area contributed by atoms with Gasteiger partial charge in [0.1, 0.15) is 0 Å². The zero-order valence-electron chi connectivity index (χ0n) is 12.5. The molecule has 0 fully saturated rings. The summed E-state index contributed by atoms with van der Waals surface area (Å²) >= 11 is 0. The van der Waals surface area contributed by atoms with Crippen LogP contribution >= 0.6 is 0 Å². The van der Waals surface area contributed by atoms with Crippen LogP contribution in [-0.2, 0) is 6.42 Å². The Bertz CT molecular complexity index is 385. The predicted molar refractivity (Wildman–Crippen MR) is 83.8 cm³/mol. The van der Waals surface area contributed by atoms with Crippen LogP contribution in [0.2, 0.25) is 0 Å². The molecule has 19 heavy (non-hydrogen) atoms. The molecule has 106 valence electrons. The molecule has 3 heteroatoms. The van der Waals surface area contributed by atoms with Gasteiger partial charge < -0.3 is 10.6 Å². The van der Waals surface area contributed by atoms with Crippen LogP contribution < -0.4 is 10.6 Å². The molecule has 1 aromatic rings. The predicted octanol–water partition coefficient (Wildman–Crippen LogP) is 2.89. The lowest BCUT2D eigenvalue weighted by molar-refractivity contribution is 0.767. The molecule has 0 bridgehead atoms. The normalized spacial score (nSPS) is 11.4. The second-order valence-electron chi connectivity index (χ2n) is 4.78. The minimum absolute atomic E-state index is 0.899. The Morgan fingerprint density at radius 1 is 1.21 bits per heavy atom. The Morgan fingerprint density at radius 3 is 2.74 bits per heavy atom. The standard InChI is InChI=1S/C16H27N3/c1-4-6-11-18-16(17-5-2)19-12-10-15-9-7-8-14(3)13-15/h7-9,13H,4-6,10-12H2,1-3H3,(H2,17,18,19). The second-order valence-corrected chi connectivity index (χ2v) is 4.78. The maximum absolute atomic E-state index is 4.55. The lowest BCUT2D eigenvalue weighted by Crippen LogP contribution is -2.38. The van der Waals surface area contributed by atoms with Crippen molar-refractivity contribution in [1.82, 2.24) is 10.6 Å². The zero-order chi connectivity index (χ0) is 13.9. The summed E-state index contributed by atoms with van der Waals surface area (Å²) < 4.78 is 0. The van der Waals surface area contributed by atoms with Gasteiger partial charge in [-0.25, -0.2) is 0 Å². The molecular formula is C16H27N3. The molecule has 1 rings (SSSR count). The third-order valence-corrected chi connectivity index (χ3v) is 2.91. The molecule has 3 nitrogen and oxygen atoms in total. The van der Waals surface area contributed by atoms with E-state index in [-0.39, 0.29) is 0 Å².